The van der Waals surface area contributed by atoms with Crippen molar-refractivity contribution in [3.8, 4) is 0 Å². The highest BCUT2D eigenvalue weighted by molar-refractivity contribution is 7.78. The summed E-state index contributed by atoms with van der Waals surface area (Å²) in [6, 6.07) is 0. The maximum Gasteiger partial charge on any atom is 0.174 e. The Hall–Kier alpha value is -1.30. The highest BCUT2D eigenvalue weighted by atomic mass is 32.1. The fourth-order valence-corrected chi connectivity index (χ4v) is 1.31. The first kappa shape index (κ1) is 9.79. The van der Waals surface area contributed by atoms with Crippen LogP contribution in [-0.4, -0.2) is 36.4 Å². The van der Waals surface area contributed by atoms with Gasteiger partial charge in [0, 0.05) is 21.1 Å². The largest absolute Gasteiger partial charge is 0.382 e. The first-order chi connectivity index (χ1) is 6.28. The van der Waals surface area contributed by atoms with Gasteiger partial charge in [0.25, 0.3) is 0 Å². The Balaban J connectivity index is 3.25. The van der Waals surface area contributed by atoms with E-state index in [-0.39, 0.29) is 0 Å². The van der Waals surface area contributed by atoms with Gasteiger partial charge < -0.3 is 16.0 Å². The van der Waals surface area contributed by atoms with Crippen molar-refractivity contribution in [1.29, 1.82) is 0 Å². The number of nitrogens with zero attached hydrogens (tertiary/aromatic N) is 2. The van der Waals surface area contributed by atoms with Crippen LogP contribution in [-0.2, 0) is 0 Å². The molecule has 0 radical (unpaired) electrons. The molecule has 72 valence electrons. The number of rotatable bonds is 4. The molecule has 0 saturated heterocycles. The third kappa shape index (κ3) is 1.57. The molecule has 0 unspecified atom stereocenters. The lowest BCUT2D eigenvalue weighted by Crippen LogP contribution is -2.03. The molecule has 0 aliphatic carbocycles. The van der Waals surface area contributed by atoms with Gasteiger partial charge in [-0.3, -0.25) is 0 Å². The first-order valence-electron chi connectivity index (χ1n) is 3.89. The van der Waals surface area contributed by atoms with E-state index in [1.54, 1.807) is 4.68 Å². The summed E-state index contributed by atoms with van der Waals surface area (Å²) in [4.78, 5) is 0. The Bertz CT molecular complexity index is 306. The van der Waals surface area contributed by atoms with Gasteiger partial charge in [-0.05, 0) is 0 Å². The smallest absolute Gasteiger partial charge is 0.174 e. The average Bonchev–Trinajstić information content (AvgIpc) is 2.54. The van der Waals surface area contributed by atoms with Crippen molar-refractivity contribution in [2.24, 2.45) is 0 Å². The van der Waals surface area contributed by atoms with Crippen molar-refractivity contribution >= 4 is 35.0 Å². The average molecular weight is 199 g/mol. The van der Waals surface area contributed by atoms with E-state index in [1.807, 2.05) is 21.1 Å². The van der Waals surface area contributed by atoms with Crippen molar-refractivity contribution in [1.82, 2.24) is 9.78 Å². The van der Waals surface area contributed by atoms with Crippen LogP contribution in [0, 0.1) is 0 Å². The maximum absolute atomic E-state index is 4.82. The number of hydrogen-bond donors (Lipinski definition) is 3. The number of thiocarbonyl (C=S) groups is 1. The van der Waals surface area contributed by atoms with Gasteiger partial charge in [-0.1, -0.05) is 12.2 Å². The van der Waals surface area contributed by atoms with Gasteiger partial charge in [-0.15, -0.1) is 5.10 Å². The molecule has 0 bridgehead atoms. The van der Waals surface area contributed by atoms with Gasteiger partial charge in [0.05, 0.1) is 5.49 Å². The minimum absolute atomic E-state index is 0.771. The molecule has 0 fully saturated rings. The standard InChI is InChI=1S/C7H13N5S/c1-8-5-6(9-2)11-12(4-13)7(5)10-3/h4,8,10H,1-3H3,(H,9,11). The second-order valence-corrected chi connectivity index (χ2v) is 2.58. The van der Waals surface area contributed by atoms with Crippen LogP contribution < -0.4 is 16.0 Å². The number of aromatic nitrogens is 2. The van der Waals surface area contributed by atoms with Crippen molar-refractivity contribution in [2.45, 2.75) is 0 Å². The van der Waals surface area contributed by atoms with Crippen LogP contribution in [0.2, 0.25) is 0 Å². The van der Waals surface area contributed by atoms with E-state index in [0.717, 1.165) is 17.3 Å². The summed E-state index contributed by atoms with van der Waals surface area (Å²) in [7, 11) is 5.48. The van der Waals surface area contributed by atoms with E-state index < -0.39 is 0 Å². The summed E-state index contributed by atoms with van der Waals surface area (Å²) in [6.07, 6.45) is 0. The zero-order valence-corrected chi connectivity index (χ0v) is 8.70. The van der Waals surface area contributed by atoms with Gasteiger partial charge in [0.15, 0.2) is 11.6 Å². The molecule has 1 heterocycles. The van der Waals surface area contributed by atoms with Crippen molar-refractivity contribution in [2.75, 3.05) is 37.1 Å². The van der Waals surface area contributed by atoms with E-state index in [4.69, 9.17) is 12.2 Å². The first-order valence-corrected chi connectivity index (χ1v) is 4.36. The third-order valence-corrected chi connectivity index (χ3v) is 1.93. The molecule has 13 heavy (non-hydrogen) atoms. The summed E-state index contributed by atoms with van der Waals surface area (Å²) in [5, 5.41) is 13.3. The van der Waals surface area contributed by atoms with E-state index in [1.165, 1.54) is 5.49 Å². The van der Waals surface area contributed by atoms with Crippen molar-refractivity contribution in [3.63, 3.8) is 0 Å². The Morgan fingerprint density at radius 1 is 1.23 bits per heavy atom. The molecule has 0 spiro atoms. The van der Waals surface area contributed by atoms with Crippen LogP contribution in [0.15, 0.2) is 0 Å². The predicted octanol–water partition coefficient (Wildman–Crippen LogP) is 0.813. The topological polar surface area (TPSA) is 53.9 Å². The minimum atomic E-state index is 0.771. The zero-order valence-electron chi connectivity index (χ0n) is 7.88. The fourth-order valence-electron chi connectivity index (χ4n) is 1.16. The predicted molar refractivity (Wildman–Crippen MR) is 59.9 cm³/mol. The van der Waals surface area contributed by atoms with Gasteiger partial charge >= 0.3 is 0 Å². The Labute approximate surface area is 82.5 Å². The summed E-state index contributed by atoms with van der Waals surface area (Å²) in [5.74, 6) is 1.62. The van der Waals surface area contributed by atoms with Crippen molar-refractivity contribution in [3.05, 3.63) is 0 Å². The molecule has 1 rings (SSSR count). The highest BCUT2D eigenvalue weighted by Gasteiger charge is 2.12. The Morgan fingerprint density at radius 2 is 1.92 bits per heavy atom. The Morgan fingerprint density at radius 3 is 2.31 bits per heavy atom. The normalized spacial score (nSPS) is 9.46. The van der Waals surface area contributed by atoms with E-state index in [9.17, 15) is 0 Å². The maximum atomic E-state index is 4.82. The lowest BCUT2D eigenvalue weighted by atomic mass is 10.4. The zero-order chi connectivity index (χ0) is 9.84. The number of nitrogens with one attached hydrogen (secondary N) is 3. The van der Waals surface area contributed by atoms with E-state index in [2.05, 4.69) is 21.0 Å². The third-order valence-electron chi connectivity index (χ3n) is 1.73. The molecular formula is C7H13N5S. The summed E-state index contributed by atoms with van der Waals surface area (Å²) in [6.45, 7) is 0. The molecule has 1 aromatic heterocycles. The molecule has 1 aromatic rings. The van der Waals surface area contributed by atoms with Crippen LogP contribution in [0.4, 0.5) is 17.3 Å². The van der Waals surface area contributed by atoms with Gasteiger partial charge in [-0.2, -0.15) is 0 Å². The van der Waals surface area contributed by atoms with E-state index >= 15 is 0 Å². The quantitative estimate of drug-likeness (QED) is 0.627. The molecule has 0 aliphatic rings. The van der Waals surface area contributed by atoms with E-state index in [0.29, 0.717) is 0 Å². The van der Waals surface area contributed by atoms with Crippen LogP contribution in [0.3, 0.4) is 0 Å². The van der Waals surface area contributed by atoms with Crippen LogP contribution in [0.5, 0.6) is 0 Å². The van der Waals surface area contributed by atoms with Crippen LogP contribution in [0.25, 0.3) is 0 Å². The van der Waals surface area contributed by atoms with Crippen LogP contribution >= 0.6 is 12.2 Å². The van der Waals surface area contributed by atoms with Crippen molar-refractivity contribution < 1.29 is 0 Å². The van der Waals surface area contributed by atoms with Gasteiger partial charge in [-0.25, -0.2) is 4.68 Å². The molecule has 3 N–H and O–H groups in total. The second kappa shape index (κ2) is 4.08. The van der Waals surface area contributed by atoms with Gasteiger partial charge in [0.1, 0.15) is 5.69 Å². The molecule has 0 aromatic carbocycles. The molecule has 6 heteroatoms. The Kier molecular flexibility index (Phi) is 3.07. The number of hydrogen-bond acceptors (Lipinski definition) is 5. The lowest BCUT2D eigenvalue weighted by Gasteiger charge is -2.04. The highest BCUT2D eigenvalue weighted by Crippen LogP contribution is 2.28. The second-order valence-electron chi connectivity index (χ2n) is 2.37. The summed E-state index contributed by atoms with van der Waals surface area (Å²) >= 11 is 4.82. The monoisotopic (exact) mass is 199 g/mol. The molecule has 0 atom stereocenters. The molecular weight excluding hydrogens is 186 g/mol. The number of anilines is 3. The summed E-state index contributed by atoms with van der Waals surface area (Å²) < 4.78 is 1.60. The summed E-state index contributed by atoms with van der Waals surface area (Å²) in [5.41, 5.74) is 2.39. The lowest BCUT2D eigenvalue weighted by molar-refractivity contribution is 0.973. The minimum Gasteiger partial charge on any atom is -0.382 e. The molecule has 5 nitrogen and oxygen atoms in total. The van der Waals surface area contributed by atoms with Crippen LogP contribution in [0.1, 0.15) is 0 Å². The molecule has 0 saturated carbocycles. The molecule has 0 amide bonds. The SMILES string of the molecule is CNc1nn(C=S)c(NC)c1NC. The molecule has 0 aliphatic heterocycles. The fraction of sp³-hybridized carbons (Fsp3) is 0.429. The van der Waals surface area contributed by atoms with Gasteiger partial charge in [0.2, 0.25) is 0 Å².